The summed E-state index contributed by atoms with van der Waals surface area (Å²) in [6.07, 6.45) is 2.30. The normalized spacial score (nSPS) is 10.8. The van der Waals surface area contributed by atoms with Crippen LogP contribution in [0, 0.1) is 11.3 Å². The Hall–Kier alpha value is -3.37. The van der Waals surface area contributed by atoms with Gasteiger partial charge in [0.2, 0.25) is 0 Å². The van der Waals surface area contributed by atoms with Crippen molar-refractivity contribution in [2.45, 2.75) is 18.2 Å². The number of aromatic nitrogens is 1. The quantitative estimate of drug-likeness (QED) is 0.674. The number of benzene rings is 2. The molecule has 0 bridgehead atoms. The number of nitrogens with zero attached hydrogens (tertiary/aromatic N) is 2. The summed E-state index contributed by atoms with van der Waals surface area (Å²) in [5, 5.41) is 11.9. The van der Waals surface area contributed by atoms with Crippen molar-refractivity contribution >= 4 is 27.2 Å². The highest BCUT2D eigenvalue weighted by Crippen LogP contribution is 2.19. The highest BCUT2D eigenvalue weighted by atomic mass is 32.2. The van der Waals surface area contributed by atoms with Crippen LogP contribution in [0.2, 0.25) is 0 Å². The van der Waals surface area contributed by atoms with E-state index in [1.54, 1.807) is 60.7 Å². The minimum Gasteiger partial charge on any atom is -0.340 e. The largest absolute Gasteiger partial charge is 0.340 e. The van der Waals surface area contributed by atoms with Crippen LogP contribution < -0.4 is 10.0 Å². The molecule has 2 aromatic carbocycles. The number of nitrogens with one attached hydrogen (secondary N) is 2. The molecule has 0 atom stereocenters. The molecule has 0 amide bonds. The molecule has 0 aliphatic carbocycles. The highest BCUT2D eigenvalue weighted by molar-refractivity contribution is 7.92. The molecule has 6 nitrogen and oxygen atoms in total. The summed E-state index contributed by atoms with van der Waals surface area (Å²) < 4.78 is 27.4. The van der Waals surface area contributed by atoms with E-state index >= 15 is 0 Å². The summed E-state index contributed by atoms with van der Waals surface area (Å²) in [4.78, 5) is 4.43. The monoisotopic (exact) mass is 378 g/mol. The van der Waals surface area contributed by atoms with Gasteiger partial charge in [0.15, 0.2) is 0 Å². The van der Waals surface area contributed by atoms with E-state index in [0.29, 0.717) is 17.1 Å². The molecule has 1 aromatic heterocycles. The van der Waals surface area contributed by atoms with Gasteiger partial charge in [0.05, 0.1) is 28.4 Å². The summed E-state index contributed by atoms with van der Waals surface area (Å²) in [7, 11) is -3.66. The van der Waals surface area contributed by atoms with Crippen molar-refractivity contribution < 1.29 is 8.42 Å². The topological polar surface area (TPSA) is 94.9 Å². The molecule has 3 rings (SSSR count). The van der Waals surface area contributed by atoms with Crippen LogP contribution in [0.5, 0.6) is 0 Å². The SMILES string of the molecule is CCc1ccc(S(=O)(=O)Nc2ccc(Nc3ccc(C#N)cc3)nc2)cc1. The van der Waals surface area contributed by atoms with Crippen molar-refractivity contribution in [3.63, 3.8) is 0 Å². The molecule has 7 heteroatoms. The van der Waals surface area contributed by atoms with Crippen LogP contribution in [0.25, 0.3) is 0 Å². The lowest BCUT2D eigenvalue weighted by molar-refractivity contribution is 0.601. The predicted octanol–water partition coefficient (Wildman–Crippen LogP) is 4.06. The fourth-order valence-corrected chi connectivity index (χ4v) is 3.47. The zero-order valence-electron chi connectivity index (χ0n) is 14.7. The van der Waals surface area contributed by atoms with Crippen molar-refractivity contribution in [1.29, 1.82) is 5.26 Å². The Labute approximate surface area is 158 Å². The zero-order chi connectivity index (χ0) is 19.3. The third kappa shape index (κ3) is 4.63. The Bertz CT molecular complexity index is 1050. The van der Waals surface area contributed by atoms with Gasteiger partial charge in [0, 0.05) is 5.69 Å². The van der Waals surface area contributed by atoms with Crippen LogP contribution in [0.4, 0.5) is 17.2 Å². The van der Waals surface area contributed by atoms with Gasteiger partial charge in [-0.1, -0.05) is 19.1 Å². The Morgan fingerprint density at radius 1 is 0.963 bits per heavy atom. The molecule has 136 valence electrons. The third-order valence-corrected chi connectivity index (χ3v) is 5.34. The first-order valence-electron chi connectivity index (χ1n) is 8.35. The Kier molecular flexibility index (Phi) is 5.38. The van der Waals surface area contributed by atoms with Gasteiger partial charge in [0.1, 0.15) is 5.82 Å². The van der Waals surface area contributed by atoms with Crippen molar-refractivity contribution in [2.24, 2.45) is 0 Å². The molecule has 1 heterocycles. The number of sulfonamides is 1. The van der Waals surface area contributed by atoms with Gasteiger partial charge >= 0.3 is 0 Å². The molecular formula is C20H18N4O2S. The van der Waals surface area contributed by atoms with Crippen LogP contribution in [0.3, 0.4) is 0 Å². The number of hydrogen-bond acceptors (Lipinski definition) is 5. The average molecular weight is 378 g/mol. The van der Waals surface area contributed by atoms with Gasteiger partial charge in [-0.25, -0.2) is 13.4 Å². The molecule has 0 fully saturated rings. The zero-order valence-corrected chi connectivity index (χ0v) is 15.5. The lowest BCUT2D eigenvalue weighted by Crippen LogP contribution is -2.13. The van der Waals surface area contributed by atoms with Crippen molar-refractivity contribution in [2.75, 3.05) is 10.0 Å². The van der Waals surface area contributed by atoms with Gasteiger partial charge < -0.3 is 5.32 Å². The number of aryl methyl sites for hydroxylation is 1. The first kappa shape index (κ1) is 18.4. The number of rotatable bonds is 6. The van der Waals surface area contributed by atoms with Gasteiger partial charge in [-0.2, -0.15) is 5.26 Å². The molecule has 0 saturated heterocycles. The summed E-state index contributed by atoms with van der Waals surface area (Å²) in [6.45, 7) is 2.01. The number of pyridine rings is 1. The lowest BCUT2D eigenvalue weighted by atomic mass is 10.2. The lowest BCUT2D eigenvalue weighted by Gasteiger charge is -2.10. The van der Waals surface area contributed by atoms with Crippen molar-refractivity contribution in [3.8, 4) is 6.07 Å². The number of hydrogen-bond donors (Lipinski definition) is 2. The summed E-state index contributed by atoms with van der Waals surface area (Å²) in [5.41, 5.74) is 2.81. The Morgan fingerprint density at radius 3 is 2.19 bits per heavy atom. The van der Waals surface area contributed by atoms with Crippen LogP contribution in [0.1, 0.15) is 18.1 Å². The summed E-state index contributed by atoms with van der Waals surface area (Å²) in [5.74, 6) is 0.565. The Morgan fingerprint density at radius 2 is 1.63 bits per heavy atom. The molecule has 3 aromatic rings. The minimum absolute atomic E-state index is 0.208. The maximum atomic E-state index is 12.5. The van der Waals surface area contributed by atoms with E-state index in [0.717, 1.165) is 17.7 Å². The second-order valence-corrected chi connectivity index (χ2v) is 7.53. The molecule has 0 aliphatic rings. The van der Waals surface area contributed by atoms with E-state index in [2.05, 4.69) is 21.1 Å². The third-order valence-electron chi connectivity index (χ3n) is 3.94. The molecule has 0 aliphatic heterocycles. The second-order valence-electron chi connectivity index (χ2n) is 5.85. The second kappa shape index (κ2) is 7.89. The van der Waals surface area contributed by atoms with Crippen molar-refractivity contribution in [1.82, 2.24) is 4.98 Å². The first-order chi connectivity index (χ1) is 13.0. The average Bonchev–Trinajstić information content (AvgIpc) is 2.70. The number of nitriles is 1. The van der Waals surface area contributed by atoms with E-state index < -0.39 is 10.0 Å². The van der Waals surface area contributed by atoms with E-state index in [9.17, 15) is 8.42 Å². The van der Waals surface area contributed by atoms with E-state index in [-0.39, 0.29) is 4.90 Å². The van der Waals surface area contributed by atoms with E-state index in [1.807, 2.05) is 6.92 Å². The fourth-order valence-electron chi connectivity index (χ4n) is 2.42. The van der Waals surface area contributed by atoms with Gasteiger partial charge in [-0.05, 0) is 60.5 Å². The van der Waals surface area contributed by atoms with Crippen LogP contribution in [-0.2, 0) is 16.4 Å². The standard InChI is InChI=1S/C20H18N4O2S/c1-2-15-5-10-19(11-6-15)27(25,26)24-18-9-12-20(22-14-18)23-17-7-3-16(13-21)4-8-17/h3-12,14,24H,2H2,1H3,(H,22,23). The van der Waals surface area contributed by atoms with Gasteiger partial charge in [-0.15, -0.1) is 0 Å². The number of anilines is 3. The molecular weight excluding hydrogens is 360 g/mol. The maximum absolute atomic E-state index is 12.5. The molecule has 0 saturated carbocycles. The van der Waals surface area contributed by atoms with Crippen LogP contribution in [-0.4, -0.2) is 13.4 Å². The van der Waals surface area contributed by atoms with E-state index in [4.69, 9.17) is 5.26 Å². The van der Waals surface area contributed by atoms with Crippen LogP contribution in [0.15, 0.2) is 71.8 Å². The maximum Gasteiger partial charge on any atom is 0.261 e. The smallest absolute Gasteiger partial charge is 0.261 e. The molecule has 0 radical (unpaired) electrons. The molecule has 27 heavy (non-hydrogen) atoms. The summed E-state index contributed by atoms with van der Waals surface area (Å²) in [6, 6.07) is 19.1. The minimum atomic E-state index is -3.66. The van der Waals surface area contributed by atoms with E-state index in [1.165, 1.54) is 6.20 Å². The highest BCUT2D eigenvalue weighted by Gasteiger charge is 2.14. The Balaban J connectivity index is 1.69. The van der Waals surface area contributed by atoms with Crippen molar-refractivity contribution in [3.05, 3.63) is 78.0 Å². The van der Waals surface area contributed by atoms with Gasteiger partial charge in [0.25, 0.3) is 10.0 Å². The first-order valence-corrected chi connectivity index (χ1v) is 9.83. The molecule has 0 unspecified atom stereocenters. The molecule has 0 spiro atoms. The van der Waals surface area contributed by atoms with Gasteiger partial charge in [-0.3, -0.25) is 4.72 Å². The summed E-state index contributed by atoms with van der Waals surface area (Å²) >= 11 is 0. The fraction of sp³-hybridized carbons (Fsp3) is 0.100. The van der Waals surface area contributed by atoms with Crippen LogP contribution >= 0.6 is 0 Å². The molecule has 2 N–H and O–H groups in total. The predicted molar refractivity (Wildman–Crippen MR) is 105 cm³/mol.